The first kappa shape index (κ1) is 5.69. The zero-order valence-electron chi connectivity index (χ0n) is 5.77. The molecule has 9 heavy (non-hydrogen) atoms. The van der Waals surface area contributed by atoms with Crippen LogP contribution >= 0.6 is 0 Å². The van der Waals surface area contributed by atoms with Crippen molar-refractivity contribution in [2.75, 3.05) is 19.6 Å². The Labute approximate surface area is 56.0 Å². The van der Waals surface area contributed by atoms with Crippen LogP contribution in [-0.4, -0.2) is 25.7 Å². The zero-order chi connectivity index (χ0) is 6.10. The Morgan fingerprint density at radius 1 is 1.22 bits per heavy atom. The van der Waals surface area contributed by atoms with E-state index in [1.807, 2.05) is 0 Å². The van der Waals surface area contributed by atoms with Gasteiger partial charge in [0.2, 0.25) is 0 Å². The van der Waals surface area contributed by atoms with Gasteiger partial charge in [0.1, 0.15) is 0 Å². The molecule has 3 rings (SSSR count). The van der Waals surface area contributed by atoms with Crippen LogP contribution in [0.15, 0.2) is 0 Å². The zero-order valence-corrected chi connectivity index (χ0v) is 5.77. The highest BCUT2D eigenvalue weighted by Gasteiger charge is 2.26. The van der Waals surface area contributed by atoms with E-state index in [0.29, 0.717) is 0 Å². The van der Waals surface area contributed by atoms with Gasteiger partial charge in [0.05, 0.1) is 12.6 Å². The van der Waals surface area contributed by atoms with Crippen molar-refractivity contribution in [1.82, 2.24) is 5.32 Å². The molecule has 3 aliphatic rings. The van der Waals surface area contributed by atoms with Crippen LogP contribution in [0.5, 0.6) is 0 Å². The van der Waals surface area contributed by atoms with Gasteiger partial charge in [-0.25, -0.2) is 0 Å². The molecule has 3 saturated heterocycles. The molecule has 3 aliphatic heterocycles. The van der Waals surface area contributed by atoms with Crippen molar-refractivity contribution < 1.29 is 5.32 Å². The van der Waals surface area contributed by atoms with Gasteiger partial charge in [-0.3, -0.25) is 0 Å². The molecule has 0 spiro atoms. The van der Waals surface area contributed by atoms with Crippen LogP contribution < -0.4 is 10.6 Å². The molecule has 2 bridgehead atoms. The molecule has 3 heterocycles. The molecule has 2 heteroatoms. The molecule has 0 aromatic rings. The average Bonchev–Trinajstić information content (AvgIpc) is 2.21. The monoisotopic (exact) mass is 127 g/mol. The van der Waals surface area contributed by atoms with Crippen LogP contribution in [0, 0.1) is 5.92 Å². The standard InChI is InChI=1S/C7H14N2/c1-2-7-5-8-3-6(1)4-9-7/h6-9H,1-5H2/p+1. The number of nitrogens with two attached hydrogens (primary N) is 1. The Balaban J connectivity index is 2.03. The molecule has 2 nitrogen and oxygen atoms in total. The first-order valence-electron chi connectivity index (χ1n) is 3.99. The Morgan fingerprint density at radius 3 is 3.00 bits per heavy atom. The number of rotatable bonds is 0. The normalized spacial score (nSPS) is 42.7. The van der Waals surface area contributed by atoms with Gasteiger partial charge in [-0.05, 0) is 6.42 Å². The third-order valence-electron chi connectivity index (χ3n) is 2.59. The van der Waals surface area contributed by atoms with Crippen LogP contribution in [0.3, 0.4) is 0 Å². The summed E-state index contributed by atoms with van der Waals surface area (Å²) in [6, 6.07) is 0.906. The summed E-state index contributed by atoms with van der Waals surface area (Å²) in [4.78, 5) is 0. The van der Waals surface area contributed by atoms with Crippen molar-refractivity contribution in [1.29, 1.82) is 0 Å². The van der Waals surface area contributed by atoms with Gasteiger partial charge >= 0.3 is 0 Å². The summed E-state index contributed by atoms with van der Waals surface area (Å²) in [5, 5.41) is 5.99. The minimum Gasteiger partial charge on any atom is -0.342 e. The molecule has 3 fully saturated rings. The summed E-state index contributed by atoms with van der Waals surface area (Å²) in [7, 11) is 0. The maximum absolute atomic E-state index is 3.48. The topological polar surface area (TPSA) is 28.6 Å². The summed E-state index contributed by atoms with van der Waals surface area (Å²) in [6.07, 6.45) is 2.91. The molecule has 0 aromatic carbocycles. The van der Waals surface area contributed by atoms with E-state index in [9.17, 15) is 0 Å². The minimum atomic E-state index is 0.906. The molecule has 0 aromatic heterocycles. The molecule has 0 aliphatic carbocycles. The van der Waals surface area contributed by atoms with E-state index in [4.69, 9.17) is 0 Å². The largest absolute Gasteiger partial charge is 0.342 e. The second-order valence-electron chi connectivity index (χ2n) is 3.33. The maximum atomic E-state index is 3.48. The van der Waals surface area contributed by atoms with Crippen molar-refractivity contribution in [3.05, 3.63) is 0 Å². The first-order valence-corrected chi connectivity index (χ1v) is 3.99. The fourth-order valence-corrected chi connectivity index (χ4v) is 1.91. The van der Waals surface area contributed by atoms with Crippen LogP contribution in [0.2, 0.25) is 0 Å². The molecular weight excluding hydrogens is 112 g/mol. The highest BCUT2D eigenvalue weighted by atomic mass is 15.0. The van der Waals surface area contributed by atoms with Gasteiger partial charge in [-0.15, -0.1) is 0 Å². The molecule has 0 radical (unpaired) electrons. The van der Waals surface area contributed by atoms with E-state index >= 15 is 0 Å². The minimum absolute atomic E-state index is 0.906. The summed E-state index contributed by atoms with van der Waals surface area (Å²) in [5.74, 6) is 0.976. The van der Waals surface area contributed by atoms with Crippen LogP contribution in [0.1, 0.15) is 12.8 Å². The van der Waals surface area contributed by atoms with Crippen LogP contribution in [0.4, 0.5) is 0 Å². The van der Waals surface area contributed by atoms with Gasteiger partial charge in [-0.2, -0.15) is 0 Å². The Morgan fingerprint density at radius 2 is 2.22 bits per heavy atom. The van der Waals surface area contributed by atoms with Gasteiger partial charge in [0, 0.05) is 25.4 Å². The number of fused-ring (bicyclic) bond motifs is 4. The summed E-state index contributed by atoms with van der Waals surface area (Å²) in [5.41, 5.74) is 0. The summed E-state index contributed by atoms with van der Waals surface area (Å²) < 4.78 is 0. The lowest BCUT2D eigenvalue weighted by Crippen LogP contribution is -2.93. The van der Waals surface area contributed by atoms with Gasteiger partial charge in [-0.1, -0.05) is 0 Å². The fraction of sp³-hybridized carbons (Fsp3) is 1.00. The van der Waals surface area contributed by atoms with E-state index in [-0.39, 0.29) is 0 Å². The van der Waals surface area contributed by atoms with Crippen molar-refractivity contribution in [3.8, 4) is 0 Å². The Hall–Kier alpha value is -0.0800. The number of piperidine rings is 1. The highest BCUT2D eigenvalue weighted by molar-refractivity contribution is 4.74. The van der Waals surface area contributed by atoms with Crippen molar-refractivity contribution in [3.63, 3.8) is 0 Å². The highest BCUT2D eigenvalue weighted by Crippen LogP contribution is 2.11. The predicted molar refractivity (Wildman–Crippen MR) is 36.2 cm³/mol. The van der Waals surface area contributed by atoms with Gasteiger partial charge < -0.3 is 10.6 Å². The van der Waals surface area contributed by atoms with E-state index in [1.54, 1.807) is 0 Å². The predicted octanol–water partition coefficient (Wildman–Crippen LogP) is -1.07. The second kappa shape index (κ2) is 2.27. The lowest BCUT2D eigenvalue weighted by atomic mass is 9.97. The lowest BCUT2D eigenvalue weighted by molar-refractivity contribution is -0.698. The van der Waals surface area contributed by atoms with Gasteiger partial charge in [0.15, 0.2) is 0 Å². The van der Waals surface area contributed by atoms with Crippen LogP contribution in [0.25, 0.3) is 0 Å². The van der Waals surface area contributed by atoms with E-state index in [0.717, 1.165) is 12.0 Å². The Kier molecular flexibility index (Phi) is 1.44. The maximum Gasteiger partial charge on any atom is 0.0985 e. The molecule has 2 atom stereocenters. The van der Waals surface area contributed by atoms with Crippen molar-refractivity contribution in [2.24, 2.45) is 5.92 Å². The van der Waals surface area contributed by atoms with E-state index < -0.39 is 0 Å². The summed E-state index contributed by atoms with van der Waals surface area (Å²) >= 11 is 0. The number of hydrogen-bond acceptors (Lipinski definition) is 1. The molecule has 3 N–H and O–H groups in total. The molecule has 2 unspecified atom stereocenters. The quantitative estimate of drug-likeness (QED) is 0.426. The van der Waals surface area contributed by atoms with Crippen molar-refractivity contribution in [2.45, 2.75) is 18.9 Å². The Bertz CT molecular complexity index is 77.6. The van der Waals surface area contributed by atoms with E-state index in [2.05, 4.69) is 10.6 Å². The number of hydrogen-bond donors (Lipinski definition) is 2. The average molecular weight is 127 g/mol. The molecular formula is C7H15N2+. The van der Waals surface area contributed by atoms with Crippen molar-refractivity contribution >= 4 is 0 Å². The van der Waals surface area contributed by atoms with Crippen LogP contribution in [-0.2, 0) is 0 Å². The molecule has 0 amide bonds. The number of quaternary nitrogens is 1. The number of nitrogens with one attached hydrogen (secondary N) is 1. The van der Waals surface area contributed by atoms with E-state index in [1.165, 1.54) is 32.5 Å². The molecule has 0 saturated carbocycles. The SMILES string of the molecule is C1CC2CNCC1C[NH2+]2. The smallest absolute Gasteiger partial charge is 0.0985 e. The third kappa shape index (κ3) is 1.10. The second-order valence-corrected chi connectivity index (χ2v) is 3.33. The lowest BCUT2D eigenvalue weighted by Gasteiger charge is -2.19. The fourth-order valence-electron chi connectivity index (χ4n) is 1.91. The molecule has 52 valence electrons. The summed E-state index contributed by atoms with van der Waals surface area (Å²) in [6.45, 7) is 3.89. The van der Waals surface area contributed by atoms with Gasteiger partial charge in [0.25, 0.3) is 0 Å². The third-order valence-corrected chi connectivity index (χ3v) is 2.59. The first-order chi connectivity index (χ1) is 4.45.